The summed E-state index contributed by atoms with van der Waals surface area (Å²) in [4.78, 5) is 46.3. The van der Waals surface area contributed by atoms with Gasteiger partial charge in [0.1, 0.15) is 30.0 Å². The van der Waals surface area contributed by atoms with Gasteiger partial charge in [0.25, 0.3) is 0 Å². The number of carbonyl (C=O) groups excluding carboxylic acids is 1. The molecule has 12 heteroatoms. The van der Waals surface area contributed by atoms with Crippen LogP contribution in [0.15, 0.2) is 24.3 Å². The van der Waals surface area contributed by atoms with Crippen molar-refractivity contribution >= 4 is 28.9 Å². The van der Waals surface area contributed by atoms with E-state index in [-0.39, 0.29) is 19.1 Å². The zero-order valence-electron chi connectivity index (χ0n) is 29.5. The molecule has 0 spiro atoms. The highest BCUT2D eigenvalue weighted by atomic mass is 16.5. The zero-order chi connectivity index (χ0) is 35.1. The van der Waals surface area contributed by atoms with Crippen molar-refractivity contribution in [3.63, 3.8) is 0 Å². The van der Waals surface area contributed by atoms with Gasteiger partial charge in [-0.25, -0.2) is 14.6 Å². The van der Waals surface area contributed by atoms with E-state index >= 15 is 0 Å². The van der Waals surface area contributed by atoms with Crippen LogP contribution in [-0.4, -0.2) is 107 Å². The fourth-order valence-corrected chi connectivity index (χ4v) is 7.06. The second kappa shape index (κ2) is 16.4. The molecule has 2 aliphatic heterocycles. The normalized spacial score (nSPS) is 21.1. The Morgan fingerprint density at radius 2 is 1.73 bits per heavy atom. The lowest BCUT2D eigenvalue weighted by Gasteiger charge is -2.34. The lowest BCUT2D eigenvalue weighted by atomic mass is 9.85. The first kappa shape index (κ1) is 36.6. The number of carbonyl (C=O) groups is 3. The van der Waals surface area contributed by atoms with E-state index in [1.165, 1.54) is 30.6 Å². The number of piperidine rings is 1. The van der Waals surface area contributed by atoms with E-state index in [2.05, 4.69) is 10.2 Å². The fraction of sp³-hybridized carbons (Fsp3) is 0.676. The van der Waals surface area contributed by atoms with E-state index in [1.807, 2.05) is 24.3 Å². The first-order valence-electron chi connectivity index (χ1n) is 17.9. The zero-order valence-corrected chi connectivity index (χ0v) is 29.5. The van der Waals surface area contributed by atoms with E-state index in [0.29, 0.717) is 18.9 Å². The van der Waals surface area contributed by atoms with Crippen LogP contribution in [0.1, 0.15) is 84.1 Å². The van der Waals surface area contributed by atoms with Gasteiger partial charge in [-0.05, 0) is 49.1 Å². The van der Waals surface area contributed by atoms with Crippen LogP contribution in [0.5, 0.6) is 11.6 Å². The van der Waals surface area contributed by atoms with Crippen molar-refractivity contribution in [2.45, 2.75) is 109 Å². The molecule has 3 fully saturated rings. The number of rotatable bonds is 16. The van der Waals surface area contributed by atoms with E-state index in [1.54, 1.807) is 27.9 Å². The number of nitrogens with zero attached hydrogens (tertiary/aromatic N) is 3. The molecule has 3 atom stereocenters. The lowest BCUT2D eigenvalue weighted by molar-refractivity contribution is -0.150. The molecule has 0 bridgehead atoms. The summed E-state index contributed by atoms with van der Waals surface area (Å²) in [6.45, 7) is 8.66. The highest BCUT2D eigenvalue weighted by Gasteiger charge is 2.46. The second-order valence-corrected chi connectivity index (χ2v) is 15.0. The number of ether oxygens (including phenoxy) is 3. The molecule has 1 aromatic carbocycles. The topological polar surface area (TPSA) is 151 Å². The van der Waals surface area contributed by atoms with Crippen molar-refractivity contribution in [3.8, 4) is 11.6 Å². The number of carboxylic acids is 1. The van der Waals surface area contributed by atoms with Gasteiger partial charge in [0, 0.05) is 38.6 Å². The van der Waals surface area contributed by atoms with Gasteiger partial charge in [0.2, 0.25) is 11.8 Å². The van der Waals surface area contributed by atoms with Gasteiger partial charge in [0.15, 0.2) is 0 Å². The Morgan fingerprint density at radius 1 is 1.00 bits per heavy atom. The average molecular weight is 683 g/mol. The maximum absolute atomic E-state index is 13.7. The number of likely N-dealkylation sites (tertiary alicyclic amines) is 2. The van der Waals surface area contributed by atoms with Crippen LogP contribution in [0.2, 0.25) is 0 Å². The van der Waals surface area contributed by atoms with Crippen molar-refractivity contribution in [2.24, 2.45) is 11.3 Å². The minimum Gasteiger partial charge on any atom is -0.489 e. The first-order chi connectivity index (χ1) is 23.4. The van der Waals surface area contributed by atoms with Crippen molar-refractivity contribution in [2.75, 3.05) is 39.9 Å². The molecule has 2 aromatic rings. The molecule has 3 aliphatic rings. The largest absolute Gasteiger partial charge is 0.489 e. The Bertz CT molecular complexity index is 1450. The predicted octanol–water partition coefficient (Wildman–Crippen LogP) is 5.35. The van der Waals surface area contributed by atoms with Gasteiger partial charge < -0.3 is 39.5 Å². The Morgan fingerprint density at radius 3 is 2.39 bits per heavy atom. The molecule has 3 N–H and O–H groups in total. The molecule has 270 valence electrons. The maximum atomic E-state index is 13.7. The number of hydrogen-bond donors (Lipinski definition) is 3. The van der Waals surface area contributed by atoms with Crippen LogP contribution in [-0.2, 0) is 20.7 Å². The molecule has 1 unspecified atom stereocenters. The molecule has 2 amide bonds. The van der Waals surface area contributed by atoms with Crippen molar-refractivity contribution in [3.05, 3.63) is 29.8 Å². The second-order valence-electron chi connectivity index (χ2n) is 15.0. The molecule has 1 aliphatic carbocycles. The van der Waals surface area contributed by atoms with Crippen LogP contribution < -0.4 is 14.8 Å². The van der Waals surface area contributed by atoms with Gasteiger partial charge in [-0.3, -0.25) is 4.79 Å². The van der Waals surface area contributed by atoms with Gasteiger partial charge in [-0.2, -0.15) is 0 Å². The summed E-state index contributed by atoms with van der Waals surface area (Å²) in [6.07, 6.45) is 7.70. The SMILES string of the molecule is COCCN1CCC(Oc2c(CCCCCC3CC3)c(OC3C[C@@H](C(=O)O)N(C(=O)[C@@H](NC(=O)O)C(C)(C)C)C3)nc3ccccc23)CC1. The Balaban J connectivity index is 1.42. The summed E-state index contributed by atoms with van der Waals surface area (Å²) < 4.78 is 18.8. The number of fused-ring (bicyclic) bond motifs is 1. The van der Waals surface area contributed by atoms with E-state index in [9.17, 15) is 24.6 Å². The first-order valence-corrected chi connectivity index (χ1v) is 17.9. The maximum Gasteiger partial charge on any atom is 0.405 e. The number of unbranched alkanes of at least 4 members (excludes halogenated alkanes) is 2. The van der Waals surface area contributed by atoms with Crippen molar-refractivity contribution in [1.29, 1.82) is 0 Å². The number of aliphatic carboxylic acids is 1. The molecular weight excluding hydrogens is 628 g/mol. The summed E-state index contributed by atoms with van der Waals surface area (Å²) >= 11 is 0. The van der Waals surface area contributed by atoms with Crippen LogP contribution in [0.25, 0.3) is 10.9 Å². The third-order valence-electron chi connectivity index (χ3n) is 10.1. The molecule has 49 heavy (non-hydrogen) atoms. The molecule has 3 heterocycles. The molecule has 1 aromatic heterocycles. The Kier molecular flexibility index (Phi) is 12.2. The minimum atomic E-state index is -1.34. The average Bonchev–Trinajstić information content (AvgIpc) is 3.79. The Hall–Kier alpha value is -3.64. The highest BCUT2D eigenvalue weighted by Crippen LogP contribution is 2.40. The minimum absolute atomic E-state index is 0.00482. The number of aromatic nitrogens is 1. The summed E-state index contributed by atoms with van der Waals surface area (Å²) in [5.74, 6) is 0.320. The van der Waals surface area contributed by atoms with Crippen LogP contribution in [0.3, 0.4) is 0 Å². The number of nitrogens with one attached hydrogen (secondary N) is 1. The molecule has 2 saturated heterocycles. The highest BCUT2D eigenvalue weighted by molar-refractivity contribution is 5.90. The van der Waals surface area contributed by atoms with E-state index in [0.717, 1.165) is 73.5 Å². The molecule has 1 saturated carbocycles. The molecular formula is C37H54N4O8. The van der Waals surface area contributed by atoms with E-state index < -0.39 is 41.6 Å². The Labute approximate surface area is 289 Å². The summed E-state index contributed by atoms with van der Waals surface area (Å²) in [6, 6.07) is 5.58. The van der Waals surface area contributed by atoms with Crippen LogP contribution in [0, 0.1) is 11.3 Å². The van der Waals surface area contributed by atoms with Crippen LogP contribution in [0.4, 0.5) is 4.79 Å². The molecule has 0 radical (unpaired) electrons. The molecule has 5 rings (SSSR count). The van der Waals surface area contributed by atoms with Gasteiger partial charge in [-0.1, -0.05) is 65.0 Å². The number of carboxylic acid groups (broad SMARTS) is 2. The summed E-state index contributed by atoms with van der Waals surface area (Å²) in [7, 11) is 1.72. The number of benzene rings is 1. The smallest absolute Gasteiger partial charge is 0.405 e. The third kappa shape index (κ3) is 9.75. The van der Waals surface area contributed by atoms with Crippen molar-refractivity contribution < 1.29 is 38.8 Å². The number of hydrogen-bond acceptors (Lipinski definition) is 8. The number of para-hydroxylation sites is 1. The third-order valence-corrected chi connectivity index (χ3v) is 10.1. The van der Waals surface area contributed by atoms with Gasteiger partial charge in [-0.15, -0.1) is 0 Å². The molecule has 12 nitrogen and oxygen atoms in total. The van der Waals surface area contributed by atoms with E-state index in [4.69, 9.17) is 19.2 Å². The standard InChI is InChI=1S/C37H54N4O8/c1-37(2,3)32(39-36(45)46)34(42)41-23-26(22-30(41)35(43)44)49-33-28(12-7-5-6-10-24-14-15-24)31(27-11-8-9-13-29(27)38-33)48-25-16-18-40(19-17-25)20-21-47-4/h8-9,11,13,24-26,30,32,39H,5-7,10,12,14-23H2,1-4H3,(H,43,44)(H,45,46)/t26?,30-,32+/m0/s1. The van der Waals surface area contributed by atoms with Gasteiger partial charge >= 0.3 is 12.1 Å². The van der Waals surface area contributed by atoms with Gasteiger partial charge in [0.05, 0.1) is 24.2 Å². The fourth-order valence-electron chi connectivity index (χ4n) is 7.06. The summed E-state index contributed by atoms with van der Waals surface area (Å²) in [5, 5.41) is 22.8. The predicted molar refractivity (Wildman–Crippen MR) is 185 cm³/mol. The number of amides is 2. The van der Waals surface area contributed by atoms with Crippen LogP contribution >= 0.6 is 0 Å². The number of methoxy groups -OCH3 is 1. The summed E-state index contributed by atoms with van der Waals surface area (Å²) in [5.41, 5.74) is 0.821. The van der Waals surface area contributed by atoms with Crippen molar-refractivity contribution in [1.82, 2.24) is 20.1 Å². The monoisotopic (exact) mass is 682 g/mol. The quantitative estimate of drug-likeness (QED) is 0.198. The number of pyridine rings is 1. The lowest BCUT2D eigenvalue weighted by Crippen LogP contribution is -2.56.